The molecule has 0 bridgehead atoms. The molecule has 2 aliphatic carbocycles. The van der Waals surface area contributed by atoms with Crippen LogP contribution in [0.25, 0.3) is 0 Å². The summed E-state index contributed by atoms with van der Waals surface area (Å²) < 4.78 is 0. The third kappa shape index (κ3) is 7.68. The van der Waals surface area contributed by atoms with Gasteiger partial charge in [0.05, 0.1) is 5.97 Å². The minimum absolute atomic E-state index is 0.223. The highest BCUT2D eigenvalue weighted by atomic mass is 16.4. The zero-order chi connectivity index (χ0) is 15.5. The first kappa shape index (κ1) is 18.3. The first-order chi connectivity index (χ1) is 10.1. The maximum absolute atomic E-state index is 10.2. The molecule has 0 aliphatic heterocycles. The summed E-state index contributed by atoms with van der Waals surface area (Å²) in [5.41, 5.74) is 0.223. The third-order valence-electron chi connectivity index (χ3n) is 5.09. The van der Waals surface area contributed by atoms with Crippen LogP contribution < -0.4 is 5.11 Å². The average Bonchev–Trinajstić information content (AvgIpc) is 2.52. The summed E-state index contributed by atoms with van der Waals surface area (Å²) in [4.78, 5) is 10.2. The predicted octanol–water partition coefficient (Wildman–Crippen LogP) is 4.63. The van der Waals surface area contributed by atoms with Crippen LogP contribution in [0.1, 0.15) is 90.4 Å². The third-order valence-corrected chi connectivity index (χ3v) is 5.09. The van der Waals surface area contributed by atoms with Crippen LogP contribution in [0, 0.1) is 11.8 Å². The monoisotopic (exact) mass is 293 g/mol. The Hall–Kier alpha value is -0.790. The maximum atomic E-state index is 10.2. The molecule has 0 spiro atoms. The van der Waals surface area contributed by atoms with Crippen molar-refractivity contribution in [3.05, 3.63) is 12.2 Å². The zero-order valence-electron chi connectivity index (χ0n) is 13.9. The molecule has 0 heterocycles. The Morgan fingerprint density at radius 3 is 1.81 bits per heavy atom. The lowest BCUT2D eigenvalue weighted by Crippen LogP contribution is -2.23. The Bertz CT molecular complexity index is 283. The van der Waals surface area contributed by atoms with Crippen LogP contribution in [0.15, 0.2) is 12.2 Å². The molecule has 0 aromatic heterocycles. The van der Waals surface area contributed by atoms with Crippen LogP contribution in [-0.2, 0) is 4.79 Å². The van der Waals surface area contributed by atoms with Gasteiger partial charge in [0.1, 0.15) is 0 Å². The van der Waals surface area contributed by atoms with Gasteiger partial charge in [-0.25, -0.2) is 0 Å². The van der Waals surface area contributed by atoms with Crippen molar-refractivity contribution in [2.45, 2.75) is 90.4 Å². The van der Waals surface area contributed by atoms with Crippen molar-refractivity contribution in [1.29, 1.82) is 0 Å². The molecule has 0 N–H and O–H groups in total. The highest BCUT2D eigenvalue weighted by molar-refractivity contribution is 5.83. The van der Waals surface area contributed by atoms with Crippen LogP contribution in [0.5, 0.6) is 0 Å². The first-order valence-electron chi connectivity index (χ1n) is 9.04. The fourth-order valence-electron chi connectivity index (χ4n) is 3.72. The van der Waals surface area contributed by atoms with Gasteiger partial charge in [0.25, 0.3) is 0 Å². The second-order valence-electron chi connectivity index (χ2n) is 6.79. The molecular weight excluding hydrogens is 260 g/mol. The zero-order valence-corrected chi connectivity index (χ0v) is 13.9. The number of carbonyl (C=O) groups excluding carboxylic acids is 1. The summed E-state index contributed by atoms with van der Waals surface area (Å²) >= 11 is 0. The molecule has 0 radical (unpaired) electrons. The summed E-state index contributed by atoms with van der Waals surface area (Å²) in [5.74, 6) is 1.20. The average molecular weight is 293 g/mol. The first-order valence-corrected chi connectivity index (χ1v) is 9.04. The molecular formula is C19H33O2-. The lowest BCUT2D eigenvalue weighted by atomic mass is 9.71. The predicted molar refractivity (Wildman–Crippen MR) is 86.8 cm³/mol. The van der Waals surface area contributed by atoms with E-state index < -0.39 is 5.97 Å². The van der Waals surface area contributed by atoms with E-state index in [1.165, 1.54) is 32.1 Å². The van der Waals surface area contributed by atoms with E-state index in [0.29, 0.717) is 6.42 Å². The number of unbranched alkanes of at least 4 members (excludes halogenated alkanes) is 3. The van der Waals surface area contributed by atoms with Crippen LogP contribution in [-0.4, -0.2) is 5.97 Å². The molecule has 2 heteroatoms. The van der Waals surface area contributed by atoms with Gasteiger partial charge in [-0.1, -0.05) is 84.1 Å². The Kier molecular flexibility index (Phi) is 9.45. The molecule has 0 aromatic carbocycles. The topological polar surface area (TPSA) is 40.1 Å². The fourth-order valence-corrected chi connectivity index (χ4v) is 3.72. The molecule has 0 saturated heterocycles. The van der Waals surface area contributed by atoms with Crippen molar-refractivity contribution in [1.82, 2.24) is 0 Å². The molecule has 2 nitrogen and oxygen atoms in total. The van der Waals surface area contributed by atoms with E-state index in [4.69, 9.17) is 0 Å². The van der Waals surface area contributed by atoms with Gasteiger partial charge in [0.15, 0.2) is 0 Å². The second kappa shape index (κ2) is 10.9. The highest BCUT2D eigenvalue weighted by Gasteiger charge is 2.26. The van der Waals surface area contributed by atoms with E-state index >= 15 is 0 Å². The molecule has 2 saturated carbocycles. The van der Waals surface area contributed by atoms with E-state index in [-0.39, 0.29) is 5.57 Å². The Morgan fingerprint density at radius 1 is 0.952 bits per heavy atom. The van der Waals surface area contributed by atoms with Crippen LogP contribution in [0.3, 0.4) is 0 Å². The van der Waals surface area contributed by atoms with Gasteiger partial charge in [-0.05, 0) is 30.3 Å². The van der Waals surface area contributed by atoms with Crippen molar-refractivity contribution >= 4 is 5.97 Å². The molecule has 2 rings (SSSR count). The maximum Gasteiger partial charge on any atom is 0.0668 e. The van der Waals surface area contributed by atoms with Crippen LogP contribution in [0.2, 0.25) is 0 Å². The largest absolute Gasteiger partial charge is 0.545 e. The number of rotatable bonds is 6. The van der Waals surface area contributed by atoms with Crippen molar-refractivity contribution in [2.75, 3.05) is 0 Å². The number of aliphatic carboxylic acids is 1. The molecule has 0 unspecified atom stereocenters. The number of carboxylic acids is 1. The molecule has 122 valence electrons. The number of carboxylic acid groups (broad SMARTS) is 1. The quantitative estimate of drug-likeness (QED) is 0.529. The normalized spacial score (nSPS) is 24.4. The minimum atomic E-state index is -1.11. The second-order valence-corrected chi connectivity index (χ2v) is 6.79. The van der Waals surface area contributed by atoms with Gasteiger partial charge in [-0.15, -0.1) is 0 Å². The molecule has 0 atom stereocenters. The SMILES string of the molecule is C1CCC2CCCCC2C1.C=C(CCCCCC)C(=O)[O-]. The fraction of sp³-hybridized carbons (Fsp3) is 0.842. The van der Waals surface area contributed by atoms with Gasteiger partial charge >= 0.3 is 0 Å². The molecule has 0 amide bonds. The Labute approximate surface area is 131 Å². The van der Waals surface area contributed by atoms with Gasteiger partial charge in [0.2, 0.25) is 0 Å². The highest BCUT2D eigenvalue weighted by Crippen LogP contribution is 2.39. The van der Waals surface area contributed by atoms with E-state index in [2.05, 4.69) is 13.5 Å². The number of fused-ring (bicyclic) bond motifs is 1. The Balaban J connectivity index is 0.000000210. The number of hydrogen-bond acceptors (Lipinski definition) is 2. The summed E-state index contributed by atoms with van der Waals surface area (Å²) in [6, 6.07) is 0. The molecule has 0 aromatic rings. The molecule has 2 aliphatic rings. The summed E-state index contributed by atoms with van der Waals surface area (Å²) in [6.07, 6.45) is 17.3. The summed E-state index contributed by atoms with van der Waals surface area (Å²) in [5, 5.41) is 10.2. The lowest BCUT2D eigenvalue weighted by molar-refractivity contribution is -0.299. The van der Waals surface area contributed by atoms with Crippen LogP contribution >= 0.6 is 0 Å². The minimum Gasteiger partial charge on any atom is -0.545 e. The van der Waals surface area contributed by atoms with Gasteiger partial charge in [-0.2, -0.15) is 0 Å². The van der Waals surface area contributed by atoms with Crippen molar-refractivity contribution in [3.63, 3.8) is 0 Å². The smallest absolute Gasteiger partial charge is 0.0668 e. The number of hydrogen-bond donors (Lipinski definition) is 0. The van der Waals surface area contributed by atoms with Crippen molar-refractivity contribution in [2.24, 2.45) is 11.8 Å². The summed E-state index contributed by atoms with van der Waals surface area (Å²) in [7, 11) is 0. The van der Waals surface area contributed by atoms with Crippen molar-refractivity contribution in [3.8, 4) is 0 Å². The van der Waals surface area contributed by atoms with Gasteiger partial charge in [0, 0.05) is 0 Å². The van der Waals surface area contributed by atoms with E-state index in [1.807, 2.05) is 0 Å². The molecule has 2 fully saturated rings. The van der Waals surface area contributed by atoms with Gasteiger partial charge < -0.3 is 9.90 Å². The van der Waals surface area contributed by atoms with Crippen molar-refractivity contribution < 1.29 is 9.90 Å². The standard InChI is InChI=1S/C10H18.C9H16O2/c1-2-6-10-8-4-3-7-9(10)5-1;1-3-4-5-6-7-8(2)9(10)11/h9-10H,1-8H2;2-7H2,1H3,(H,10,11)/p-1. The molecule has 21 heavy (non-hydrogen) atoms. The van der Waals surface area contributed by atoms with E-state index in [0.717, 1.165) is 31.1 Å². The Morgan fingerprint density at radius 2 is 1.43 bits per heavy atom. The lowest BCUT2D eigenvalue weighted by Gasteiger charge is -2.35. The van der Waals surface area contributed by atoms with E-state index in [9.17, 15) is 9.90 Å². The number of carbonyl (C=O) groups is 1. The van der Waals surface area contributed by atoms with Gasteiger partial charge in [-0.3, -0.25) is 0 Å². The summed E-state index contributed by atoms with van der Waals surface area (Å²) in [6.45, 7) is 5.51. The van der Waals surface area contributed by atoms with Crippen LogP contribution in [0.4, 0.5) is 0 Å². The van der Waals surface area contributed by atoms with E-state index in [1.54, 1.807) is 25.7 Å².